The smallest absolute Gasteiger partial charge is 0.241 e. The molecule has 0 saturated heterocycles. The van der Waals surface area contributed by atoms with E-state index in [1.54, 1.807) is 0 Å². The van der Waals surface area contributed by atoms with Gasteiger partial charge < -0.3 is 10.6 Å². The predicted molar refractivity (Wildman–Crippen MR) is 88.3 cm³/mol. The average Bonchev–Trinajstić information content (AvgIpc) is 2.45. The van der Waals surface area contributed by atoms with Crippen LogP contribution in [0, 0.1) is 6.92 Å². The van der Waals surface area contributed by atoms with Crippen LogP contribution in [0.4, 0.5) is 5.69 Å². The molecule has 0 aliphatic carbocycles. The summed E-state index contributed by atoms with van der Waals surface area (Å²) >= 11 is 3.45. The molecule has 2 aromatic rings. The van der Waals surface area contributed by atoms with Gasteiger partial charge in [-0.1, -0.05) is 40.2 Å². The van der Waals surface area contributed by atoms with Crippen LogP contribution in [0.15, 0.2) is 46.9 Å². The molecule has 0 saturated carbocycles. The van der Waals surface area contributed by atoms with E-state index in [9.17, 15) is 4.79 Å². The molecule has 3 nitrogen and oxygen atoms in total. The number of amides is 1. The van der Waals surface area contributed by atoms with Gasteiger partial charge in [-0.3, -0.25) is 4.79 Å². The summed E-state index contributed by atoms with van der Waals surface area (Å²) in [6.45, 7) is 2.75. The number of hydrogen-bond acceptors (Lipinski definition) is 2. The second-order valence-corrected chi connectivity index (χ2v) is 6.33. The molecule has 0 fully saturated rings. The molecule has 108 valence electrons. The van der Waals surface area contributed by atoms with Gasteiger partial charge in [0.2, 0.25) is 5.91 Å². The highest BCUT2D eigenvalue weighted by Gasteiger charge is 2.23. The van der Waals surface area contributed by atoms with E-state index in [-0.39, 0.29) is 11.9 Å². The fourth-order valence-corrected chi connectivity index (χ4v) is 3.29. The van der Waals surface area contributed by atoms with Crippen molar-refractivity contribution >= 4 is 27.5 Å². The third-order valence-electron chi connectivity index (χ3n) is 3.71. The number of carbonyl (C=O) groups excluding carboxylic acids is 1. The van der Waals surface area contributed by atoms with Gasteiger partial charge in [0.25, 0.3) is 0 Å². The molecule has 2 N–H and O–H groups in total. The average molecular weight is 345 g/mol. The van der Waals surface area contributed by atoms with Crippen molar-refractivity contribution in [2.45, 2.75) is 25.9 Å². The number of nitrogens with one attached hydrogen (secondary N) is 2. The number of aryl methyl sites for hydroxylation is 1. The van der Waals surface area contributed by atoms with Crippen molar-refractivity contribution in [1.29, 1.82) is 0 Å². The van der Waals surface area contributed by atoms with Crippen molar-refractivity contribution in [1.82, 2.24) is 5.32 Å². The Morgan fingerprint density at radius 1 is 1.24 bits per heavy atom. The normalized spacial score (nSPS) is 17.1. The lowest BCUT2D eigenvalue weighted by Crippen LogP contribution is -2.44. The Kier molecular flexibility index (Phi) is 4.08. The zero-order valence-corrected chi connectivity index (χ0v) is 13.4. The van der Waals surface area contributed by atoms with Crippen LogP contribution in [0.5, 0.6) is 0 Å². The van der Waals surface area contributed by atoms with Gasteiger partial charge in [-0.05, 0) is 48.2 Å². The van der Waals surface area contributed by atoms with Crippen LogP contribution in [-0.4, -0.2) is 11.9 Å². The SMILES string of the molecule is Cc1cc(Br)cc(NC(=O)[C@H]2Cc3ccccc3CN2)c1. The van der Waals surface area contributed by atoms with E-state index in [1.807, 2.05) is 37.3 Å². The van der Waals surface area contributed by atoms with Gasteiger partial charge in [-0.25, -0.2) is 0 Å². The Bertz CT molecular complexity index is 664. The van der Waals surface area contributed by atoms with E-state index in [0.717, 1.165) is 28.7 Å². The highest BCUT2D eigenvalue weighted by molar-refractivity contribution is 9.10. The predicted octanol–water partition coefficient (Wildman–Crippen LogP) is 3.41. The van der Waals surface area contributed by atoms with Crippen LogP contribution < -0.4 is 10.6 Å². The van der Waals surface area contributed by atoms with Gasteiger partial charge in [-0.2, -0.15) is 0 Å². The number of anilines is 1. The van der Waals surface area contributed by atoms with E-state index < -0.39 is 0 Å². The number of fused-ring (bicyclic) bond motifs is 1. The van der Waals surface area contributed by atoms with Gasteiger partial charge in [0.05, 0.1) is 6.04 Å². The summed E-state index contributed by atoms with van der Waals surface area (Å²) in [5.74, 6) is 0.0157. The number of halogens is 1. The van der Waals surface area contributed by atoms with Crippen LogP contribution >= 0.6 is 15.9 Å². The third kappa shape index (κ3) is 3.34. The quantitative estimate of drug-likeness (QED) is 0.876. The Hall–Kier alpha value is -1.65. The van der Waals surface area contributed by atoms with E-state index in [4.69, 9.17) is 0 Å². The molecule has 0 spiro atoms. The topological polar surface area (TPSA) is 41.1 Å². The van der Waals surface area contributed by atoms with Gasteiger partial charge in [0, 0.05) is 16.7 Å². The number of rotatable bonds is 2. The number of hydrogen-bond donors (Lipinski definition) is 2. The molecule has 0 bridgehead atoms. The van der Waals surface area contributed by atoms with Crippen molar-refractivity contribution in [2.24, 2.45) is 0 Å². The lowest BCUT2D eigenvalue weighted by atomic mass is 9.95. The Labute approximate surface area is 132 Å². The van der Waals surface area contributed by atoms with E-state index in [2.05, 4.69) is 38.7 Å². The van der Waals surface area contributed by atoms with Crippen LogP contribution in [0.1, 0.15) is 16.7 Å². The van der Waals surface area contributed by atoms with Crippen molar-refractivity contribution in [3.8, 4) is 0 Å². The Morgan fingerprint density at radius 3 is 2.76 bits per heavy atom. The molecule has 1 heterocycles. The molecule has 21 heavy (non-hydrogen) atoms. The fraction of sp³-hybridized carbons (Fsp3) is 0.235. The summed E-state index contributed by atoms with van der Waals surface area (Å²) in [5, 5.41) is 6.29. The van der Waals surface area contributed by atoms with Gasteiger partial charge in [-0.15, -0.1) is 0 Å². The number of benzene rings is 2. The van der Waals surface area contributed by atoms with Crippen molar-refractivity contribution < 1.29 is 4.79 Å². The Balaban J connectivity index is 1.72. The Morgan fingerprint density at radius 2 is 2.00 bits per heavy atom. The third-order valence-corrected chi connectivity index (χ3v) is 4.17. The first-order valence-corrected chi connectivity index (χ1v) is 7.79. The van der Waals surface area contributed by atoms with E-state index in [1.165, 1.54) is 11.1 Å². The van der Waals surface area contributed by atoms with Crippen molar-refractivity contribution in [3.05, 3.63) is 63.6 Å². The molecule has 1 atom stereocenters. The fourth-order valence-electron chi connectivity index (χ4n) is 2.68. The molecular weight excluding hydrogens is 328 g/mol. The van der Waals surface area contributed by atoms with Crippen LogP contribution in [0.3, 0.4) is 0 Å². The molecule has 0 unspecified atom stereocenters. The number of carbonyl (C=O) groups is 1. The molecule has 0 radical (unpaired) electrons. The molecule has 0 aromatic heterocycles. The summed E-state index contributed by atoms with van der Waals surface area (Å²) in [5.41, 5.74) is 4.47. The molecular formula is C17H17BrN2O. The van der Waals surface area contributed by atoms with Crippen LogP contribution in [0.25, 0.3) is 0 Å². The van der Waals surface area contributed by atoms with E-state index in [0.29, 0.717) is 0 Å². The van der Waals surface area contributed by atoms with Crippen molar-refractivity contribution in [2.75, 3.05) is 5.32 Å². The molecule has 2 aromatic carbocycles. The first-order chi connectivity index (χ1) is 10.1. The summed E-state index contributed by atoms with van der Waals surface area (Å²) in [6.07, 6.45) is 0.731. The van der Waals surface area contributed by atoms with Crippen LogP contribution in [-0.2, 0) is 17.8 Å². The highest BCUT2D eigenvalue weighted by Crippen LogP contribution is 2.21. The van der Waals surface area contributed by atoms with Gasteiger partial charge in [0.1, 0.15) is 0 Å². The summed E-state index contributed by atoms with van der Waals surface area (Å²) in [6, 6.07) is 14.0. The van der Waals surface area contributed by atoms with Crippen LogP contribution in [0.2, 0.25) is 0 Å². The van der Waals surface area contributed by atoms with Crippen molar-refractivity contribution in [3.63, 3.8) is 0 Å². The summed E-state index contributed by atoms with van der Waals surface area (Å²) < 4.78 is 0.972. The maximum atomic E-state index is 12.4. The largest absolute Gasteiger partial charge is 0.325 e. The zero-order chi connectivity index (χ0) is 14.8. The summed E-state index contributed by atoms with van der Waals surface area (Å²) in [7, 11) is 0. The molecule has 1 aliphatic rings. The lowest BCUT2D eigenvalue weighted by Gasteiger charge is -2.25. The highest BCUT2D eigenvalue weighted by atomic mass is 79.9. The first-order valence-electron chi connectivity index (χ1n) is 7.00. The second kappa shape index (κ2) is 6.00. The maximum Gasteiger partial charge on any atom is 0.241 e. The summed E-state index contributed by atoms with van der Waals surface area (Å²) in [4.78, 5) is 12.4. The first kappa shape index (κ1) is 14.3. The van der Waals surface area contributed by atoms with Gasteiger partial charge >= 0.3 is 0 Å². The van der Waals surface area contributed by atoms with E-state index >= 15 is 0 Å². The lowest BCUT2D eigenvalue weighted by molar-refractivity contribution is -0.118. The van der Waals surface area contributed by atoms with Gasteiger partial charge in [0.15, 0.2) is 0 Å². The maximum absolute atomic E-state index is 12.4. The zero-order valence-electron chi connectivity index (χ0n) is 11.8. The molecule has 1 aliphatic heterocycles. The second-order valence-electron chi connectivity index (χ2n) is 5.41. The molecule has 1 amide bonds. The molecule has 3 rings (SSSR count). The minimum absolute atomic E-state index is 0.0157. The monoisotopic (exact) mass is 344 g/mol. The standard InChI is InChI=1S/C17H17BrN2O/c1-11-6-14(18)9-15(7-11)20-17(21)16-8-12-4-2-3-5-13(12)10-19-16/h2-7,9,16,19H,8,10H2,1H3,(H,20,21)/t16-/m1/s1. The minimum atomic E-state index is -0.181. The molecule has 4 heteroatoms. The minimum Gasteiger partial charge on any atom is -0.325 e.